The summed E-state index contributed by atoms with van der Waals surface area (Å²) in [6.45, 7) is 8.48. The summed E-state index contributed by atoms with van der Waals surface area (Å²) in [6, 6.07) is 4.77. The SMILES string of the molecule is Cc1nc(C)n(C[C@H](O)Cn2c(C)c(C)c3cc(F)ccc32)n1. The zero-order valence-corrected chi connectivity index (χ0v) is 13.8. The van der Waals surface area contributed by atoms with E-state index in [0.29, 0.717) is 18.9 Å². The molecule has 0 aliphatic rings. The number of aromatic nitrogens is 4. The van der Waals surface area contributed by atoms with Gasteiger partial charge >= 0.3 is 0 Å². The van der Waals surface area contributed by atoms with Crippen molar-refractivity contribution in [1.82, 2.24) is 19.3 Å². The summed E-state index contributed by atoms with van der Waals surface area (Å²) in [5.41, 5.74) is 3.02. The second-order valence-corrected chi connectivity index (χ2v) is 6.02. The van der Waals surface area contributed by atoms with Crippen molar-refractivity contribution in [1.29, 1.82) is 0 Å². The normalized spacial score (nSPS) is 13.0. The number of hydrogen-bond donors (Lipinski definition) is 1. The van der Waals surface area contributed by atoms with Crippen molar-refractivity contribution in [3.8, 4) is 0 Å². The van der Waals surface area contributed by atoms with Crippen molar-refractivity contribution < 1.29 is 9.50 Å². The summed E-state index contributed by atoms with van der Waals surface area (Å²) in [6.07, 6.45) is -0.603. The summed E-state index contributed by atoms with van der Waals surface area (Å²) in [7, 11) is 0. The largest absolute Gasteiger partial charge is 0.389 e. The first-order chi connectivity index (χ1) is 10.9. The van der Waals surface area contributed by atoms with Crippen molar-refractivity contribution in [2.75, 3.05) is 0 Å². The average molecular weight is 316 g/mol. The number of fused-ring (bicyclic) bond motifs is 1. The number of aliphatic hydroxyl groups excluding tert-OH is 1. The lowest BCUT2D eigenvalue weighted by molar-refractivity contribution is 0.130. The van der Waals surface area contributed by atoms with Crippen LogP contribution in [0.4, 0.5) is 4.39 Å². The number of hydrogen-bond acceptors (Lipinski definition) is 3. The fourth-order valence-corrected chi connectivity index (χ4v) is 3.06. The molecule has 0 saturated carbocycles. The molecule has 0 amide bonds. The van der Waals surface area contributed by atoms with Crippen LogP contribution in [-0.2, 0) is 13.1 Å². The van der Waals surface area contributed by atoms with Crippen molar-refractivity contribution in [3.63, 3.8) is 0 Å². The quantitative estimate of drug-likeness (QED) is 0.805. The van der Waals surface area contributed by atoms with E-state index >= 15 is 0 Å². The summed E-state index contributed by atoms with van der Waals surface area (Å²) in [5.74, 6) is 1.24. The molecule has 1 atom stereocenters. The van der Waals surface area contributed by atoms with E-state index in [4.69, 9.17) is 0 Å². The van der Waals surface area contributed by atoms with Crippen LogP contribution >= 0.6 is 0 Å². The average Bonchev–Trinajstić information content (AvgIpc) is 2.91. The van der Waals surface area contributed by atoms with E-state index in [1.807, 2.05) is 32.3 Å². The molecular weight excluding hydrogens is 295 g/mol. The molecule has 0 aliphatic heterocycles. The summed E-state index contributed by atoms with van der Waals surface area (Å²) < 4.78 is 17.2. The van der Waals surface area contributed by atoms with E-state index in [1.165, 1.54) is 6.07 Å². The monoisotopic (exact) mass is 316 g/mol. The van der Waals surface area contributed by atoms with Crippen LogP contribution in [-0.4, -0.2) is 30.5 Å². The molecule has 2 heterocycles. The molecule has 0 fully saturated rings. The van der Waals surface area contributed by atoms with Gasteiger partial charge in [0.2, 0.25) is 0 Å². The van der Waals surface area contributed by atoms with Gasteiger partial charge in [0, 0.05) is 16.6 Å². The van der Waals surface area contributed by atoms with Crippen LogP contribution in [0.5, 0.6) is 0 Å². The molecule has 122 valence electrons. The minimum atomic E-state index is -0.603. The molecule has 6 heteroatoms. The minimum Gasteiger partial charge on any atom is -0.389 e. The van der Waals surface area contributed by atoms with E-state index in [2.05, 4.69) is 10.1 Å². The molecule has 0 bridgehead atoms. The van der Waals surface area contributed by atoms with Crippen LogP contribution in [0, 0.1) is 33.5 Å². The Bertz CT molecular complexity index is 865. The first kappa shape index (κ1) is 15.7. The van der Waals surface area contributed by atoms with Crippen LogP contribution in [0.2, 0.25) is 0 Å². The number of nitrogens with zero attached hydrogens (tertiary/aromatic N) is 4. The van der Waals surface area contributed by atoms with Gasteiger partial charge < -0.3 is 9.67 Å². The zero-order valence-electron chi connectivity index (χ0n) is 13.8. The highest BCUT2D eigenvalue weighted by molar-refractivity contribution is 5.85. The second-order valence-electron chi connectivity index (χ2n) is 6.02. The second kappa shape index (κ2) is 5.77. The third kappa shape index (κ3) is 2.86. The first-order valence-corrected chi connectivity index (χ1v) is 7.68. The minimum absolute atomic E-state index is 0.244. The van der Waals surface area contributed by atoms with Crippen LogP contribution in [0.1, 0.15) is 22.9 Å². The third-order valence-corrected chi connectivity index (χ3v) is 4.34. The smallest absolute Gasteiger partial charge is 0.147 e. The highest BCUT2D eigenvalue weighted by Crippen LogP contribution is 2.26. The molecule has 0 unspecified atom stereocenters. The molecular formula is C17H21FN4O. The van der Waals surface area contributed by atoms with Gasteiger partial charge in [0.25, 0.3) is 0 Å². The lowest BCUT2D eigenvalue weighted by Gasteiger charge is -2.15. The summed E-state index contributed by atoms with van der Waals surface area (Å²) in [4.78, 5) is 4.24. The maximum absolute atomic E-state index is 13.5. The maximum Gasteiger partial charge on any atom is 0.147 e. The topological polar surface area (TPSA) is 55.9 Å². The fourth-order valence-electron chi connectivity index (χ4n) is 3.06. The molecule has 2 aromatic heterocycles. The maximum atomic E-state index is 13.5. The Morgan fingerprint density at radius 1 is 1.17 bits per heavy atom. The highest BCUT2D eigenvalue weighted by atomic mass is 19.1. The van der Waals surface area contributed by atoms with Crippen molar-refractivity contribution in [2.45, 2.75) is 46.9 Å². The van der Waals surface area contributed by atoms with Gasteiger partial charge in [0.15, 0.2) is 0 Å². The fraction of sp³-hybridized carbons (Fsp3) is 0.412. The predicted octanol–water partition coefficient (Wildman–Crippen LogP) is 2.67. The molecule has 3 aromatic rings. The van der Waals surface area contributed by atoms with Gasteiger partial charge in [-0.3, -0.25) is 0 Å². The number of benzene rings is 1. The van der Waals surface area contributed by atoms with Gasteiger partial charge in [-0.15, -0.1) is 0 Å². The van der Waals surface area contributed by atoms with Gasteiger partial charge in [-0.05, 0) is 51.5 Å². The van der Waals surface area contributed by atoms with Gasteiger partial charge in [-0.2, -0.15) is 5.10 Å². The molecule has 3 rings (SSSR count). The lowest BCUT2D eigenvalue weighted by atomic mass is 10.1. The molecule has 5 nitrogen and oxygen atoms in total. The molecule has 1 N–H and O–H groups in total. The molecule has 0 spiro atoms. The Labute approximate surface area is 134 Å². The molecule has 0 saturated heterocycles. The highest BCUT2D eigenvalue weighted by Gasteiger charge is 2.16. The zero-order chi connectivity index (χ0) is 16.7. The number of rotatable bonds is 4. The van der Waals surface area contributed by atoms with Gasteiger partial charge in [0.1, 0.15) is 17.5 Å². The molecule has 0 radical (unpaired) electrons. The molecule has 0 aliphatic carbocycles. The number of aliphatic hydroxyl groups is 1. The van der Waals surface area contributed by atoms with Crippen LogP contribution in [0.25, 0.3) is 10.9 Å². The van der Waals surface area contributed by atoms with Crippen LogP contribution < -0.4 is 0 Å². The van der Waals surface area contributed by atoms with E-state index in [-0.39, 0.29) is 5.82 Å². The van der Waals surface area contributed by atoms with Crippen molar-refractivity contribution in [3.05, 3.63) is 46.9 Å². The third-order valence-electron chi connectivity index (χ3n) is 4.34. The molecule has 23 heavy (non-hydrogen) atoms. The Morgan fingerprint density at radius 3 is 2.57 bits per heavy atom. The van der Waals surface area contributed by atoms with Gasteiger partial charge in [-0.25, -0.2) is 14.1 Å². The van der Waals surface area contributed by atoms with E-state index in [0.717, 1.165) is 28.0 Å². The lowest BCUT2D eigenvalue weighted by Crippen LogP contribution is -2.24. The van der Waals surface area contributed by atoms with E-state index < -0.39 is 6.10 Å². The summed E-state index contributed by atoms with van der Waals surface area (Å²) >= 11 is 0. The Hall–Kier alpha value is -2.21. The Morgan fingerprint density at radius 2 is 1.91 bits per heavy atom. The van der Waals surface area contributed by atoms with Crippen LogP contribution in [0.3, 0.4) is 0 Å². The summed E-state index contributed by atoms with van der Waals surface area (Å²) in [5, 5.41) is 15.6. The standard InChI is InChI=1S/C17H21FN4O/c1-10-11(2)21(17-6-5-14(18)7-16(10)17)8-15(23)9-22-13(4)19-12(3)20-22/h5-7,15,23H,8-9H2,1-4H3/t15-/m1/s1. The van der Waals surface area contributed by atoms with Crippen molar-refractivity contribution in [2.24, 2.45) is 0 Å². The van der Waals surface area contributed by atoms with Gasteiger partial charge in [-0.1, -0.05) is 0 Å². The van der Waals surface area contributed by atoms with Crippen LogP contribution in [0.15, 0.2) is 18.2 Å². The Kier molecular flexibility index (Phi) is 3.93. The molecule has 1 aromatic carbocycles. The van der Waals surface area contributed by atoms with Gasteiger partial charge in [0.05, 0.1) is 19.2 Å². The number of halogens is 1. The first-order valence-electron chi connectivity index (χ1n) is 7.68. The van der Waals surface area contributed by atoms with E-state index in [1.54, 1.807) is 16.8 Å². The number of aryl methyl sites for hydroxylation is 3. The van der Waals surface area contributed by atoms with E-state index in [9.17, 15) is 9.50 Å². The predicted molar refractivity (Wildman–Crippen MR) is 86.9 cm³/mol. The van der Waals surface area contributed by atoms with Crippen molar-refractivity contribution >= 4 is 10.9 Å². The Balaban J connectivity index is 1.89.